The molecule has 1 aromatic carbocycles. The molecule has 1 saturated carbocycles. The zero-order valence-corrected chi connectivity index (χ0v) is 14.8. The van der Waals surface area contributed by atoms with Crippen LogP contribution in [0.4, 0.5) is 6.01 Å². The van der Waals surface area contributed by atoms with E-state index in [1.165, 1.54) is 0 Å². The second-order valence-corrected chi connectivity index (χ2v) is 7.71. The molecular formula is C20H22N4O2. The number of aromatic nitrogens is 1. The Hall–Kier alpha value is -2.63. The number of carbonyl (C=O) groups is 1. The summed E-state index contributed by atoms with van der Waals surface area (Å²) in [6.45, 7) is 2.24. The number of benzene rings is 1. The lowest BCUT2D eigenvalue weighted by Crippen LogP contribution is -2.46. The maximum atomic E-state index is 12.7. The lowest BCUT2D eigenvalue weighted by Gasteiger charge is -2.37. The molecule has 1 aliphatic heterocycles. The molecule has 2 atom stereocenters. The van der Waals surface area contributed by atoms with Gasteiger partial charge in [-0.2, -0.15) is 4.98 Å². The highest BCUT2D eigenvalue weighted by Crippen LogP contribution is 2.47. The van der Waals surface area contributed by atoms with Gasteiger partial charge >= 0.3 is 6.01 Å². The van der Waals surface area contributed by atoms with E-state index >= 15 is 0 Å². The van der Waals surface area contributed by atoms with Crippen molar-refractivity contribution in [3.8, 4) is 0 Å². The summed E-state index contributed by atoms with van der Waals surface area (Å²) in [6, 6.07) is 8.09. The average molecular weight is 350 g/mol. The predicted molar refractivity (Wildman–Crippen MR) is 99.8 cm³/mol. The van der Waals surface area contributed by atoms with Crippen LogP contribution in [0.2, 0.25) is 0 Å². The highest BCUT2D eigenvalue weighted by atomic mass is 16.4. The van der Waals surface area contributed by atoms with Crippen LogP contribution in [0.1, 0.15) is 45.4 Å². The van der Waals surface area contributed by atoms with Gasteiger partial charge in [0.2, 0.25) is 5.96 Å². The SMILES string of the molecule is CC1CCC2(C1)N=C(Nc1nc3ccccc3o1)NC1=C2C(=O)CCC1. The number of anilines is 1. The van der Waals surface area contributed by atoms with Crippen molar-refractivity contribution in [2.75, 3.05) is 5.32 Å². The van der Waals surface area contributed by atoms with Gasteiger partial charge < -0.3 is 9.73 Å². The van der Waals surface area contributed by atoms with Gasteiger partial charge in [-0.05, 0) is 50.2 Å². The van der Waals surface area contributed by atoms with Crippen LogP contribution in [0.3, 0.4) is 0 Å². The Morgan fingerprint density at radius 3 is 3.00 bits per heavy atom. The Morgan fingerprint density at radius 2 is 2.19 bits per heavy atom. The molecule has 0 amide bonds. The number of ketones is 1. The molecule has 2 aromatic rings. The Labute approximate surface area is 151 Å². The molecule has 3 aliphatic rings. The Bertz CT molecular complexity index is 925. The van der Waals surface area contributed by atoms with Gasteiger partial charge in [0.05, 0.1) is 5.54 Å². The molecule has 1 fully saturated rings. The summed E-state index contributed by atoms with van der Waals surface area (Å²) in [5.41, 5.74) is 3.12. The van der Waals surface area contributed by atoms with Crippen LogP contribution in [-0.4, -0.2) is 22.3 Å². The molecule has 1 aromatic heterocycles. The number of aliphatic imine (C=N–C) groups is 1. The van der Waals surface area contributed by atoms with E-state index in [1.54, 1.807) is 0 Å². The van der Waals surface area contributed by atoms with Gasteiger partial charge in [-0.3, -0.25) is 10.1 Å². The van der Waals surface area contributed by atoms with Crippen LogP contribution in [0, 0.1) is 5.92 Å². The Balaban J connectivity index is 1.51. The summed E-state index contributed by atoms with van der Waals surface area (Å²) in [6.07, 6.45) is 5.39. The zero-order chi connectivity index (χ0) is 17.7. The van der Waals surface area contributed by atoms with Crippen molar-refractivity contribution in [2.24, 2.45) is 10.9 Å². The molecule has 2 heterocycles. The van der Waals surface area contributed by atoms with Crippen molar-refractivity contribution >= 4 is 28.9 Å². The van der Waals surface area contributed by atoms with Crippen LogP contribution in [-0.2, 0) is 4.79 Å². The standard InChI is InChI=1S/C20H22N4O2/c1-12-9-10-20(11-12)17-14(6-4-7-15(17)25)21-18(24-20)23-19-22-13-5-2-3-8-16(13)26-19/h2-3,5,8,12H,4,6-7,9-11H2,1H3,(H2,21,22,23,24). The lowest BCUT2D eigenvalue weighted by atomic mass is 9.78. The number of Topliss-reactive ketones (excluding diaryl/α,β-unsaturated/α-hetero) is 1. The number of fused-ring (bicyclic) bond motifs is 2. The van der Waals surface area contributed by atoms with Crippen LogP contribution >= 0.6 is 0 Å². The van der Waals surface area contributed by atoms with Crippen molar-refractivity contribution in [1.82, 2.24) is 10.3 Å². The molecule has 2 N–H and O–H groups in total. The van der Waals surface area contributed by atoms with Gasteiger partial charge in [0.1, 0.15) is 5.52 Å². The number of carbonyl (C=O) groups excluding carboxylic acids is 1. The largest absolute Gasteiger partial charge is 0.423 e. The minimum absolute atomic E-state index is 0.262. The third kappa shape index (κ3) is 2.43. The maximum absolute atomic E-state index is 12.7. The normalized spacial score (nSPS) is 28.3. The molecule has 6 heteroatoms. The summed E-state index contributed by atoms with van der Waals surface area (Å²) in [5.74, 6) is 1.47. The van der Waals surface area contributed by atoms with E-state index in [0.717, 1.165) is 54.5 Å². The second kappa shape index (κ2) is 5.69. The molecule has 134 valence electrons. The summed E-state index contributed by atoms with van der Waals surface area (Å²) >= 11 is 0. The number of hydrogen-bond donors (Lipinski definition) is 2. The van der Waals surface area contributed by atoms with E-state index in [2.05, 4.69) is 22.5 Å². The van der Waals surface area contributed by atoms with E-state index in [0.29, 0.717) is 24.3 Å². The van der Waals surface area contributed by atoms with Crippen molar-refractivity contribution in [3.05, 3.63) is 35.5 Å². The molecule has 2 aliphatic carbocycles. The topological polar surface area (TPSA) is 79.5 Å². The lowest BCUT2D eigenvalue weighted by molar-refractivity contribution is -0.116. The first kappa shape index (κ1) is 15.6. The van der Waals surface area contributed by atoms with Crippen LogP contribution < -0.4 is 10.6 Å². The van der Waals surface area contributed by atoms with Crippen LogP contribution in [0.25, 0.3) is 11.1 Å². The highest BCUT2D eigenvalue weighted by Gasteiger charge is 2.47. The van der Waals surface area contributed by atoms with E-state index < -0.39 is 0 Å². The number of rotatable bonds is 1. The number of hydrogen-bond acceptors (Lipinski definition) is 6. The summed E-state index contributed by atoms with van der Waals surface area (Å²) < 4.78 is 5.77. The van der Waals surface area contributed by atoms with Gasteiger partial charge in [-0.1, -0.05) is 19.1 Å². The van der Waals surface area contributed by atoms with E-state index in [1.807, 2.05) is 24.3 Å². The van der Waals surface area contributed by atoms with E-state index in [-0.39, 0.29) is 11.3 Å². The first-order valence-corrected chi connectivity index (χ1v) is 9.39. The van der Waals surface area contributed by atoms with Gasteiger partial charge in [-0.15, -0.1) is 0 Å². The third-order valence-corrected chi connectivity index (χ3v) is 5.73. The Kier molecular flexibility index (Phi) is 3.42. The zero-order valence-electron chi connectivity index (χ0n) is 14.8. The van der Waals surface area contributed by atoms with Gasteiger partial charge in [0.25, 0.3) is 0 Å². The van der Waals surface area contributed by atoms with Crippen molar-refractivity contribution < 1.29 is 9.21 Å². The summed E-state index contributed by atoms with van der Waals surface area (Å²) in [4.78, 5) is 22.1. The van der Waals surface area contributed by atoms with Crippen LogP contribution in [0.5, 0.6) is 0 Å². The van der Waals surface area contributed by atoms with Crippen molar-refractivity contribution in [1.29, 1.82) is 0 Å². The molecule has 0 radical (unpaired) electrons. The van der Waals surface area contributed by atoms with Crippen LogP contribution in [0.15, 0.2) is 44.9 Å². The van der Waals surface area contributed by atoms with Crippen molar-refractivity contribution in [2.45, 2.75) is 51.0 Å². The quantitative estimate of drug-likeness (QED) is 0.818. The fourth-order valence-corrected chi connectivity index (χ4v) is 4.63. The fourth-order valence-electron chi connectivity index (χ4n) is 4.63. The third-order valence-electron chi connectivity index (χ3n) is 5.73. The van der Waals surface area contributed by atoms with Gasteiger partial charge in [0.15, 0.2) is 11.4 Å². The molecule has 26 heavy (non-hydrogen) atoms. The molecule has 5 rings (SSSR count). The smallest absolute Gasteiger partial charge is 0.302 e. The van der Waals surface area contributed by atoms with E-state index in [4.69, 9.17) is 9.41 Å². The summed E-state index contributed by atoms with van der Waals surface area (Å²) in [5, 5.41) is 6.54. The molecule has 0 saturated heterocycles. The number of oxazole rings is 1. The number of nitrogens with one attached hydrogen (secondary N) is 2. The van der Waals surface area contributed by atoms with Gasteiger partial charge in [-0.25, -0.2) is 4.99 Å². The molecule has 2 unspecified atom stereocenters. The van der Waals surface area contributed by atoms with E-state index in [9.17, 15) is 4.79 Å². The minimum Gasteiger partial charge on any atom is -0.423 e. The number of guanidine groups is 1. The van der Waals surface area contributed by atoms with Gasteiger partial charge in [0, 0.05) is 17.7 Å². The predicted octanol–water partition coefficient (Wildman–Crippen LogP) is 3.76. The highest BCUT2D eigenvalue weighted by molar-refractivity contribution is 6.04. The molecular weight excluding hydrogens is 328 g/mol. The molecule has 6 nitrogen and oxygen atoms in total. The second-order valence-electron chi connectivity index (χ2n) is 7.71. The summed E-state index contributed by atoms with van der Waals surface area (Å²) in [7, 11) is 0. The maximum Gasteiger partial charge on any atom is 0.302 e. The first-order valence-electron chi connectivity index (χ1n) is 9.39. The monoisotopic (exact) mass is 350 g/mol. The Morgan fingerprint density at radius 1 is 1.31 bits per heavy atom. The molecule has 0 bridgehead atoms. The number of nitrogens with zero attached hydrogens (tertiary/aromatic N) is 2. The number of allylic oxidation sites excluding steroid dienone is 1. The fraction of sp³-hybridized carbons (Fsp3) is 0.450. The minimum atomic E-state index is -0.383. The molecule has 1 spiro atoms. The average Bonchev–Trinajstić information content (AvgIpc) is 3.18. The first-order chi connectivity index (χ1) is 12.6. The number of para-hydroxylation sites is 2. The van der Waals surface area contributed by atoms with Crippen molar-refractivity contribution in [3.63, 3.8) is 0 Å².